The summed E-state index contributed by atoms with van der Waals surface area (Å²) in [5, 5.41) is 2.95. The molecule has 88 valence electrons. The number of nitrogens with one attached hydrogen (secondary N) is 1. The molecular formula is C12H17ClN2O. The normalized spacial score (nSPS) is 12.2. The van der Waals surface area contributed by atoms with Gasteiger partial charge in [0.15, 0.2) is 0 Å². The quantitative estimate of drug-likeness (QED) is 0.804. The van der Waals surface area contributed by atoms with Crippen LogP contribution in [-0.2, 0) is 0 Å². The van der Waals surface area contributed by atoms with Crippen LogP contribution in [0.4, 0.5) is 0 Å². The number of alkyl halides is 1. The van der Waals surface area contributed by atoms with Crippen molar-refractivity contribution in [2.45, 2.75) is 32.1 Å². The van der Waals surface area contributed by atoms with Gasteiger partial charge < -0.3 is 5.32 Å². The molecule has 1 N–H and O–H groups in total. The highest BCUT2D eigenvalue weighted by Crippen LogP contribution is 2.06. The molecule has 4 heteroatoms. The minimum absolute atomic E-state index is 0.127. The van der Waals surface area contributed by atoms with Crippen molar-refractivity contribution in [1.82, 2.24) is 10.3 Å². The van der Waals surface area contributed by atoms with Gasteiger partial charge in [-0.15, -0.1) is 11.6 Å². The van der Waals surface area contributed by atoms with Gasteiger partial charge in [0.25, 0.3) is 5.91 Å². The van der Waals surface area contributed by atoms with Gasteiger partial charge in [0.05, 0.1) is 0 Å². The van der Waals surface area contributed by atoms with Crippen LogP contribution in [0.1, 0.15) is 35.8 Å². The molecule has 16 heavy (non-hydrogen) atoms. The zero-order valence-electron chi connectivity index (χ0n) is 9.66. The Balaban J connectivity index is 2.44. The Morgan fingerprint density at radius 1 is 1.62 bits per heavy atom. The molecule has 1 unspecified atom stereocenters. The average Bonchev–Trinajstić information content (AvgIpc) is 2.29. The predicted octanol–water partition coefficient (Wildman–Crippen LogP) is 2.53. The molecule has 0 saturated heterocycles. The van der Waals surface area contributed by atoms with E-state index in [1.54, 1.807) is 6.20 Å². The molecule has 0 saturated carbocycles. The molecule has 0 spiro atoms. The zero-order valence-corrected chi connectivity index (χ0v) is 10.4. The SMILES string of the molecule is CCC(Cl)CCNC(=O)c1ncccc1C. The fourth-order valence-electron chi connectivity index (χ4n) is 1.35. The van der Waals surface area contributed by atoms with E-state index in [-0.39, 0.29) is 11.3 Å². The Labute approximate surface area is 101 Å². The van der Waals surface area contributed by atoms with E-state index in [9.17, 15) is 4.79 Å². The van der Waals surface area contributed by atoms with Crippen molar-refractivity contribution in [3.63, 3.8) is 0 Å². The molecular weight excluding hydrogens is 224 g/mol. The van der Waals surface area contributed by atoms with E-state index >= 15 is 0 Å². The minimum atomic E-state index is -0.127. The Kier molecular flexibility index (Phi) is 5.26. The van der Waals surface area contributed by atoms with E-state index in [1.165, 1.54) is 0 Å². The third kappa shape index (κ3) is 3.81. The molecule has 3 nitrogen and oxygen atoms in total. The number of pyridine rings is 1. The summed E-state index contributed by atoms with van der Waals surface area (Å²) in [5.74, 6) is -0.127. The van der Waals surface area contributed by atoms with Gasteiger partial charge in [-0.25, -0.2) is 0 Å². The van der Waals surface area contributed by atoms with E-state index in [1.807, 2.05) is 26.0 Å². The van der Waals surface area contributed by atoms with Gasteiger partial charge in [0.1, 0.15) is 5.69 Å². The zero-order chi connectivity index (χ0) is 12.0. The molecule has 0 radical (unpaired) electrons. The summed E-state index contributed by atoms with van der Waals surface area (Å²) in [6.45, 7) is 4.50. The van der Waals surface area contributed by atoms with Crippen LogP contribution >= 0.6 is 11.6 Å². The van der Waals surface area contributed by atoms with E-state index in [0.717, 1.165) is 18.4 Å². The molecule has 0 aliphatic carbocycles. The van der Waals surface area contributed by atoms with Gasteiger partial charge in [-0.2, -0.15) is 0 Å². The molecule has 1 aromatic heterocycles. The standard InChI is InChI=1S/C12H17ClN2O/c1-3-10(13)6-8-15-12(16)11-9(2)5-4-7-14-11/h4-5,7,10H,3,6,8H2,1-2H3,(H,15,16). The number of rotatable bonds is 5. The first-order valence-electron chi connectivity index (χ1n) is 5.49. The van der Waals surface area contributed by atoms with Crippen LogP contribution in [-0.4, -0.2) is 22.8 Å². The number of nitrogens with zero attached hydrogens (tertiary/aromatic N) is 1. The van der Waals surface area contributed by atoms with E-state index in [2.05, 4.69) is 10.3 Å². The van der Waals surface area contributed by atoms with Gasteiger partial charge in [0.2, 0.25) is 0 Å². The van der Waals surface area contributed by atoms with Gasteiger partial charge in [-0.3, -0.25) is 9.78 Å². The molecule has 1 aromatic rings. The second kappa shape index (κ2) is 6.48. The molecule has 1 heterocycles. The van der Waals surface area contributed by atoms with Crippen LogP contribution < -0.4 is 5.32 Å². The molecule has 0 aliphatic heterocycles. The van der Waals surface area contributed by atoms with Gasteiger partial charge in [-0.05, 0) is 31.4 Å². The molecule has 0 fully saturated rings. The lowest BCUT2D eigenvalue weighted by Gasteiger charge is -2.08. The fraction of sp³-hybridized carbons (Fsp3) is 0.500. The van der Waals surface area contributed by atoms with Crippen molar-refractivity contribution in [3.8, 4) is 0 Å². The van der Waals surface area contributed by atoms with Crippen LogP contribution in [0.25, 0.3) is 0 Å². The lowest BCUT2D eigenvalue weighted by Crippen LogP contribution is -2.27. The largest absolute Gasteiger partial charge is 0.351 e. The summed E-state index contributed by atoms with van der Waals surface area (Å²) >= 11 is 5.96. The van der Waals surface area contributed by atoms with Gasteiger partial charge in [0, 0.05) is 18.1 Å². The van der Waals surface area contributed by atoms with E-state index in [0.29, 0.717) is 12.2 Å². The van der Waals surface area contributed by atoms with Crippen LogP contribution in [0, 0.1) is 6.92 Å². The number of hydrogen-bond acceptors (Lipinski definition) is 2. The van der Waals surface area contributed by atoms with Crippen LogP contribution in [0.2, 0.25) is 0 Å². The molecule has 0 aromatic carbocycles. The highest BCUT2D eigenvalue weighted by molar-refractivity contribution is 6.20. The summed E-state index contributed by atoms with van der Waals surface area (Å²) in [7, 11) is 0. The Hall–Kier alpha value is -1.09. The smallest absolute Gasteiger partial charge is 0.270 e. The maximum atomic E-state index is 11.7. The third-order valence-electron chi connectivity index (χ3n) is 2.41. The van der Waals surface area contributed by atoms with Crippen molar-refractivity contribution in [2.75, 3.05) is 6.54 Å². The Morgan fingerprint density at radius 2 is 2.38 bits per heavy atom. The predicted molar refractivity (Wildman–Crippen MR) is 65.9 cm³/mol. The molecule has 1 atom stereocenters. The molecule has 0 aliphatic rings. The van der Waals surface area contributed by atoms with Gasteiger partial charge in [-0.1, -0.05) is 13.0 Å². The van der Waals surface area contributed by atoms with E-state index in [4.69, 9.17) is 11.6 Å². The van der Waals surface area contributed by atoms with E-state index < -0.39 is 0 Å². The van der Waals surface area contributed by atoms with Crippen molar-refractivity contribution in [3.05, 3.63) is 29.6 Å². The summed E-state index contributed by atoms with van der Waals surface area (Å²) in [4.78, 5) is 15.8. The van der Waals surface area contributed by atoms with Crippen molar-refractivity contribution >= 4 is 17.5 Å². The number of aromatic nitrogens is 1. The summed E-state index contributed by atoms with van der Waals surface area (Å²) in [6, 6.07) is 3.69. The number of halogens is 1. The monoisotopic (exact) mass is 240 g/mol. The maximum Gasteiger partial charge on any atom is 0.270 e. The Morgan fingerprint density at radius 3 is 3.00 bits per heavy atom. The maximum absolute atomic E-state index is 11.7. The highest BCUT2D eigenvalue weighted by Gasteiger charge is 2.09. The number of hydrogen-bond donors (Lipinski definition) is 1. The minimum Gasteiger partial charge on any atom is -0.351 e. The number of carbonyl (C=O) groups is 1. The first-order valence-corrected chi connectivity index (χ1v) is 5.92. The number of aryl methyl sites for hydroxylation is 1. The average molecular weight is 241 g/mol. The summed E-state index contributed by atoms with van der Waals surface area (Å²) in [6.07, 6.45) is 3.33. The summed E-state index contributed by atoms with van der Waals surface area (Å²) in [5.41, 5.74) is 1.38. The third-order valence-corrected chi connectivity index (χ3v) is 2.94. The lowest BCUT2D eigenvalue weighted by molar-refractivity contribution is 0.0947. The molecule has 0 bridgehead atoms. The first-order chi connectivity index (χ1) is 7.65. The molecule has 1 rings (SSSR count). The number of amides is 1. The number of carbonyl (C=O) groups excluding carboxylic acids is 1. The van der Waals surface area contributed by atoms with Crippen molar-refractivity contribution < 1.29 is 4.79 Å². The highest BCUT2D eigenvalue weighted by atomic mass is 35.5. The lowest BCUT2D eigenvalue weighted by atomic mass is 10.2. The van der Waals surface area contributed by atoms with Crippen molar-refractivity contribution in [1.29, 1.82) is 0 Å². The fourth-order valence-corrected chi connectivity index (χ4v) is 1.46. The van der Waals surface area contributed by atoms with Gasteiger partial charge >= 0.3 is 0 Å². The summed E-state index contributed by atoms with van der Waals surface area (Å²) < 4.78 is 0. The Bertz CT molecular complexity index is 355. The van der Waals surface area contributed by atoms with Crippen LogP contribution in [0.5, 0.6) is 0 Å². The second-order valence-electron chi connectivity index (χ2n) is 3.72. The van der Waals surface area contributed by atoms with Crippen LogP contribution in [0.3, 0.4) is 0 Å². The second-order valence-corrected chi connectivity index (χ2v) is 4.34. The van der Waals surface area contributed by atoms with Crippen LogP contribution in [0.15, 0.2) is 18.3 Å². The molecule has 1 amide bonds. The first kappa shape index (κ1) is 13.0. The topological polar surface area (TPSA) is 42.0 Å². The van der Waals surface area contributed by atoms with Crippen molar-refractivity contribution in [2.24, 2.45) is 0 Å².